The molecule has 1 heterocycles. The van der Waals surface area contributed by atoms with Crippen LogP contribution < -0.4 is 0 Å². The molecule has 0 aromatic heterocycles. The molecule has 1 aliphatic rings. The van der Waals surface area contributed by atoms with Gasteiger partial charge in [-0.25, -0.2) is 0 Å². The van der Waals surface area contributed by atoms with Crippen LogP contribution in [0.15, 0.2) is 30.3 Å². The van der Waals surface area contributed by atoms with Crippen LogP contribution in [0.5, 0.6) is 0 Å². The van der Waals surface area contributed by atoms with Gasteiger partial charge in [0.1, 0.15) is 0 Å². The van der Waals surface area contributed by atoms with E-state index in [1.165, 1.54) is 5.56 Å². The summed E-state index contributed by atoms with van der Waals surface area (Å²) in [4.78, 5) is 0. The van der Waals surface area contributed by atoms with Crippen molar-refractivity contribution in [3.63, 3.8) is 0 Å². The van der Waals surface area contributed by atoms with Gasteiger partial charge in [0.2, 0.25) is 0 Å². The molecule has 2 rings (SSSR count). The quantitative estimate of drug-likeness (QED) is 0.702. The lowest BCUT2D eigenvalue weighted by Crippen LogP contribution is -2.14. The van der Waals surface area contributed by atoms with Gasteiger partial charge in [0.15, 0.2) is 0 Å². The largest absolute Gasteiger partial charge is 0.396 e. The summed E-state index contributed by atoms with van der Waals surface area (Å²) in [6.45, 7) is 2.33. The molecule has 1 fully saturated rings. The molecule has 1 aliphatic heterocycles. The van der Waals surface area contributed by atoms with Crippen molar-refractivity contribution < 1.29 is 14.6 Å². The van der Waals surface area contributed by atoms with E-state index in [1.54, 1.807) is 0 Å². The highest BCUT2D eigenvalue weighted by atomic mass is 16.6. The average Bonchev–Trinajstić information content (AvgIpc) is 3.19. The van der Waals surface area contributed by atoms with E-state index in [-0.39, 0.29) is 12.5 Å². The first-order valence-electron chi connectivity index (χ1n) is 6.22. The number of ether oxygens (including phenoxy) is 2. The van der Waals surface area contributed by atoms with Crippen molar-refractivity contribution in [3.8, 4) is 0 Å². The van der Waals surface area contributed by atoms with Crippen molar-refractivity contribution in [2.24, 2.45) is 5.92 Å². The Morgan fingerprint density at radius 3 is 2.76 bits per heavy atom. The smallest absolute Gasteiger partial charge is 0.0810 e. The average molecular weight is 236 g/mol. The maximum Gasteiger partial charge on any atom is 0.0810 e. The van der Waals surface area contributed by atoms with Crippen LogP contribution in [0.4, 0.5) is 0 Å². The van der Waals surface area contributed by atoms with Crippen LogP contribution in [-0.2, 0) is 16.1 Å². The summed E-state index contributed by atoms with van der Waals surface area (Å²) < 4.78 is 10.8. The van der Waals surface area contributed by atoms with E-state index in [4.69, 9.17) is 9.47 Å². The molecule has 2 atom stereocenters. The van der Waals surface area contributed by atoms with E-state index in [2.05, 4.69) is 0 Å². The lowest BCUT2D eigenvalue weighted by atomic mass is 10.0. The van der Waals surface area contributed by atoms with E-state index in [1.807, 2.05) is 30.3 Å². The van der Waals surface area contributed by atoms with Gasteiger partial charge in [-0.1, -0.05) is 30.3 Å². The summed E-state index contributed by atoms with van der Waals surface area (Å²) in [6.07, 6.45) is 2.47. The zero-order chi connectivity index (χ0) is 11.9. The third kappa shape index (κ3) is 4.86. The van der Waals surface area contributed by atoms with Crippen LogP contribution >= 0.6 is 0 Å². The van der Waals surface area contributed by atoms with E-state index >= 15 is 0 Å². The van der Waals surface area contributed by atoms with Gasteiger partial charge in [0.25, 0.3) is 0 Å². The summed E-state index contributed by atoms with van der Waals surface area (Å²) in [5.41, 5.74) is 1.18. The van der Waals surface area contributed by atoms with Crippen LogP contribution in [0.1, 0.15) is 18.4 Å². The Kier molecular flexibility index (Phi) is 4.98. The van der Waals surface area contributed by atoms with E-state index in [0.717, 1.165) is 19.4 Å². The Hall–Kier alpha value is -0.900. The van der Waals surface area contributed by atoms with Gasteiger partial charge in [-0.05, 0) is 18.4 Å². The molecular formula is C14H20O3. The second kappa shape index (κ2) is 6.74. The summed E-state index contributed by atoms with van der Waals surface area (Å²) in [6, 6.07) is 10.1. The lowest BCUT2D eigenvalue weighted by molar-refractivity contribution is 0.0580. The molecule has 0 spiro atoms. The SMILES string of the molecule is OC[C@H](CC[C@H]1CO1)COCc1ccccc1. The zero-order valence-corrected chi connectivity index (χ0v) is 10.0. The number of aliphatic hydroxyl groups excluding tert-OH is 1. The van der Waals surface area contributed by atoms with E-state index in [9.17, 15) is 5.11 Å². The monoisotopic (exact) mass is 236 g/mol. The van der Waals surface area contributed by atoms with E-state index < -0.39 is 0 Å². The number of epoxide rings is 1. The van der Waals surface area contributed by atoms with E-state index in [0.29, 0.717) is 19.3 Å². The van der Waals surface area contributed by atoms with Crippen molar-refractivity contribution in [3.05, 3.63) is 35.9 Å². The van der Waals surface area contributed by atoms with Crippen molar-refractivity contribution in [1.29, 1.82) is 0 Å². The van der Waals surface area contributed by atoms with Crippen LogP contribution in [0.2, 0.25) is 0 Å². The molecule has 17 heavy (non-hydrogen) atoms. The van der Waals surface area contributed by atoms with Crippen molar-refractivity contribution >= 4 is 0 Å². The van der Waals surface area contributed by atoms with Crippen LogP contribution in [-0.4, -0.2) is 31.0 Å². The standard InChI is InChI=1S/C14H20O3/c15-8-13(6-7-14-11-17-14)10-16-9-12-4-2-1-3-5-12/h1-5,13-15H,6-11H2/t13-,14-/m0/s1. The maximum absolute atomic E-state index is 9.24. The molecule has 1 aromatic rings. The first-order chi connectivity index (χ1) is 8.38. The summed E-state index contributed by atoms with van der Waals surface area (Å²) in [5.74, 6) is 0.239. The Bertz CT molecular complexity index is 309. The van der Waals surface area contributed by atoms with Gasteiger partial charge >= 0.3 is 0 Å². The molecule has 0 aliphatic carbocycles. The predicted octanol–water partition coefficient (Wildman–Crippen LogP) is 1.99. The fraction of sp³-hybridized carbons (Fsp3) is 0.571. The Morgan fingerprint density at radius 1 is 1.35 bits per heavy atom. The van der Waals surface area contributed by atoms with Crippen LogP contribution in [0, 0.1) is 5.92 Å². The minimum Gasteiger partial charge on any atom is -0.396 e. The Balaban J connectivity index is 1.61. The fourth-order valence-electron chi connectivity index (χ4n) is 1.80. The minimum absolute atomic E-state index is 0.196. The van der Waals surface area contributed by atoms with Crippen molar-refractivity contribution in [2.45, 2.75) is 25.6 Å². The lowest BCUT2D eigenvalue weighted by Gasteiger charge is -2.13. The molecule has 0 unspecified atom stereocenters. The van der Waals surface area contributed by atoms with Gasteiger partial charge in [-0.15, -0.1) is 0 Å². The van der Waals surface area contributed by atoms with Gasteiger partial charge in [0.05, 0.1) is 25.9 Å². The maximum atomic E-state index is 9.24. The van der Waals surface area contributed by atoms with Crippen molar-refractivity contribution in [2.75, 3.05) is 19.8 Å². The number of benzene rings is 1. The summed E-state index contributed by atoms with van der Waals surface area (Å²) in [7, 11) is 0. The molecular weight excluding hydrogens is 216 g/mol. The molecule has 0 amide bonds. The highest BCUT2D eigenvalue weighted by Gasteiger charge is 2.23. The molecule has 3 nitrogen and oxygen atoms in total. The number of aliphatic hydroxyl groups is 1. The number of hydrogen-bond acceptors (Lipinski definition) is 3. The van der Waals surface area contributed by atoms with Gasteiger partial charge < -0.3 is 14.6 Å². The third-order valence-electron chi connectivity index (χ3n) is 3.02. The zero-order valence-electron chi connectivity index (χ0n) is 10.0. The second-order valence-electron chi connectivity index (χ2n) is 4.58. The molecule has 3 heteroatoms. The predicted molar refractivity (Wildman–Crippen MR) is 65.6 cm³/mol. The normalized spacial score (nSPS) is 20.2. The highest BCUT2D eigenvalue weighted by Crippen LogP contribution is 2.19. The van der Waals surface area contributed by atoms with Gasteiger partial charge in [-0.2, -0.15) is 0 Å². The summed E-state index contributed by atoms with van der Waals surface area (Å²) >= 11 is 0. The molecule has 0 saturated carbocycles. The first-order valence-corrected chi connectivity index (χ1v) is 6.22. The third-order valence-corrected chi connectivity index (χ3v) is 3.02. The first kappa shape index (κ1) is 12.6. The summed E-state index contributed by atoms with van der Waals surface area (Å²) in [5, 5.41) is 9.24. The highest BCUT2D eigenvalue weighted by molar-refractivity contribution is 5.13. The van der Waals surface area contributed by atoms with Crippen LogP contribution in [0.3, 0.4) is 0 Å². The number of hydrogen-bond donors (Lipinski definition) is 1. The Labute approximate surface area is 102 Å². The minimum atomic E-state index is 0.196. The van der Waals surface area contributed by atoms with Gasteiger partial charge in [-0.3, -0.25) is 0 Å². The molecule has 1 saturated heterocycles. The van der Waals surface area contributed by atoms with Gasteiger partial charge in [0, 0.05) is 12.5 Å². The molecule has 0 bridgehead atoms. The molecule has 0 radical (unpaired) electrons. The fourth-order valence-corrected chi connectivity index (χ4v) is 1.80. The molecule has 94 valence electrons. The number of rotatable bonds is 8. The van der Waals surface area contributed by atoms with Crippen LogP contribution in [0.25, 0.3) is 0 Å². The van der Waals surface area contributed by atoms with Crippen molar-refractivity contribution in [1.82, 2.24) is 0 Å². The molecule has 1 N–H and O–H groups in total. The second-order valence-corrected chi connectivity index (χ2v) is 4.58. The Morgan fingerprint density at radius 2 is 2.12 bits per heavy atom. The molecule has 1 aromatic carbocycles. The topological polar surface area (TPSA) is 42.0 Å².